The van der Waals surface area contributed by atoms with E-state index in [1.807, 2.05) is 0 Å². The average molecular weight is 169 g/mol. The van der Waals surface area contributed by atoms with Crippen molar-refractivity contribution in [3.8, 4) is 0 Å². The molecule has 0 fully saturated rings. The molecule has 3 heteroatoms. The van der Waals surface area contributed by atoms with Crippen LogP contribution in [0.3, 0.4) is 0 Å². The molecule has 0 N–H and O–H groups in total. The minimum absolute atomic E-state index is 0.169. The third kappa shape index (κ3) is 1.85. The van der Waals surface area contributed by atoms with Crippen LogP contribution >= 0.6 is 0 Å². The number of carbonyl (C=O) groups excluding carboxylic acids is 1. The Kier molecular flexibility index (Phi) is 2.87. The van der Waals surface area contributed by atoms with E-state index in [0.717, 1.165) is 0 Å². The van der Waals surface area contributed by atoms with Gasteiger partial charge >= 0.3 is 5.97 Å². The summed E-state index contributed by atoms with van der Waals surface area (Å²) in [5.74, 6) is -0.169. The highest BCUT2D eigenvalue weighted by Crippen LogP contribution is 2.15. The number of carbonyl (C=O) groups is 1. The number of hydrogen-bond donors (Lipinski definition) is 0. The second kappa shape index (κ2) is 3.72. The van der Waals surface area contributed by atoms with Crippen LogP contribution in [0.15, 0.2) is 12.2 Å². The van der Waals surface area contributed by atoms with Gasteiger partial charge in [-0.1, -0.05) is 12.2 Å². The zero-order valence-corrected chi connectivity index (χ0v) is 7.78. The van der Waals surface area contributed by atoms with Gasteiger partial charge in [0.05, 0.1) is 13.7 Å². The monoisotopic (exact) mass is 169 g/mol. The standard InChI is InChI=1S/C9H15NO2/c1-7-4-5-8(2)10(7)6-9(11)12-3/h4-5,7-8H,6H2,1-3H3/t7-,8+. The van der Waals surface area contributed by atoms with Gasteiger partial charge in [-0.25, -0.2) is 0 Å². The Morgan fingerprint density at radius 3 is 2.33 bits per heavy atom. The van der Waals surface area contributed by atoms with Crippen LogP contribution in [0.2, 0.25) is 0 Å². The Morgan fingerprint density at radius 1 is 1.42 bits per heavy atom. The molecule has 0 spiro atoms. The first kappa shape index (κ1) is 9.26. The molecule has 0 unspecified atom stereocenters. The molecule has 0 saturated heterocycles. The molecular formula is C9H15NO2. The Hall–Kier alpha value is -0.830. The summed E-state index contributed by atoms with van der Waals surface area (Å²) in [5, 5.41) is 0. The molecule has 2 atom stereocenters. The minimum atomic E-state index is -0.169. The fourth-order valence-corrected chi connectivity index (χ4v) is 1.42. The first-order chi connectivity index (χ1) is 5.65. The number of ether oxygens (including phenoxy) is 1. The van der Waals surface area contributed by atoms with Crippen molar-refractivity contribution in [2.24, 2.45) is 0 Å². The number of hydrogen-bond acceptors (Lipinski definition) is 3. The maximum atomic E-state index is 11.0. The minimum Gasteiger partial charge on any atom is -0.468 e. The Bertz CT molecular complexity index is 189. The van der Waals surface area contributed by atoms with Crippen molar-refractivity contribution in [1.29, 1.82) is 0 Å². The van der Waals surface area contributed by atoms with Crippen LogP contribution in [0.4, 0.5) is 0 Å². The van der Waals surface area contributed by atoms with Gasteiger partial charge in [-0.05, 0) is 13.8 Å². The molecule has 3 nitrogen and oxygen atoms in total. The van der Waals surface area contributed by atoms with Crippen molar-refractivity contribution in [2.75, 3.05) is 13.7 Å². The number of esters is 1. The van der Waals surface area contributed by atoms with Gasteiger partial charge in [0, 0.05) is 12.1 Å². The number of nitrogens with zero attached hydrogens (tertiary/aromatic N) is 1. The molecule has 0 amide bonds. The zero-order valence-electron chi connectivity index (χ0n) is 7.78. The fourth-order valence-electron chi connectivity index (χ4n) is 1.42. The van der Waals surface area contributed by atoms with Crippen molar-refractivity contribution >= 4 is 5.97 Å². The van der Waals surface area contributed by atoms with Gasteiger partial charge in [0.15, 0.2) is 0 Å². The van der Waals surface area contributed by atoms with Gasteiger partial charge in [0.25, 0.3) is 0 Å². The zero-order chi connectivity index (χ0) is 9.14. The Labute approximate surface area is 73.0 Å². The first-order valence-electron chi connectivity index (χ1n) is 4.16. The average Bonchev–Trinajstić information content (AvgIpc) is 2.35. The molecule has 1 heterocycles. The Morgan fingerprint density at radius 2 is 1.92 bits per heavy atom. The van der Waals surface area contributed by atoms with E-state index >= 15 is 0 Å². The van der Waals surface area contributed by atoms with E-state index in [1.165, 1.54) is 7.11 Å². The van der Waals surface area contributed by atoms with Gasteiger partial charge in [0.2, 0.25) is 0 Å². The second-order valence-corrected chi connectivity index (χ2v) is 3.11. The summed E-state index contributed by atoms with van der Waals surface area (Å²) in [6, 6.07) is 0.693. The topological polar surface area (TPSA) is 29.5 Å². The third-order valence-electron chi connectivity index (χ3n) is 2.25. The van der Waals surface area contributed by atoms with Crippen molar-refractivity contribution in [3.63, 3.8) is 0 Å². The lowest BCUT2D eigenvalue weighted by molar-refractivity contribution is -0.142. The summed E-state index contributed by atoms with van der Waals surface area (Å²) >= 11 is 0. The van der Waals surface area contributed by atoms with Crippen molar-refractivity contribution in [2.45, 2.75) is 25.9 Å². The van der Waals surface area contributed by atoms with Crippen molar-refractivity contribution in [3.05, 3.63) is 12.2 Å². The summed E-state index contributed by atoms with van der Waals surface area (Å²) in [6.45, 7) is 4.53. The van der Waals surface area contributed by atoms with E-state index in [1.54, 1.807) is 0 Å². The van der Waals surface area contributed by atoms with Crippen LogP contribution in [0.25, 0.3) is 0 Å². The van der Waals surface area contributed by atoms with Gasteiger partial charge in [0.1, 0.15) is 0 Å². The molecule has 1 aliphatic heterocycles. The molecule has 0 aromatic rings. The van der Waals surface area contributed by atoms with E-state index in [9.17, 15) is 4.79 Å². The highest BCUT2D eigenvalue weighted by molar-refractivity contribution is 5.71. The highest BCUT2D eigenvalue weighted by Gasteiger charge is 2.24. The molecule has 1 aliphatic rings. The van der Waals surface area contributed by atoms with E-state index in [-0.39, 0.29) is 5.97 Å². The number of rotatable bonds is 2. The maximum Gasteiger partial charge on any atom is 0.319 e. The maximum absolute atomic E-state index is 11.0. The van der Waals surface area contributed by atoms with E-state index < -0.39 is 0 Å². The lowest BCUT2D eigenvalue weighted by Crippen LogP contribution is -2.38. The SMILES string of the molecule is COC(=O)CN1[C@H](C)C=C[C@@H]1C. The lowest BCUT2D eigenvalue weighted by atomic mass is 10.3. The second-order valence-electron chi connectivity index (χ2n) is 3.11. The summed E-state index contributed by atoms with van der Waals surface area (Å²) < 4.78 is 4.60. The fraction of sp³-hybridized carbons (Fsp3) is 0.667. The van der Waals surface area contributed by atoms with E-state index in [2.05, 4.69) is 35.6 Å². The number of methoxy groups -OCH3 is 1. The molecule has 0 aromatic carbocycles. The molecule has 0 radical (unpaired) electrons. The molecule has 0 saturated carbocycles. The van der Waals surface area contributed by atoms with Gasteiger partial charge in [-0.2, -0.15) is 0 Å². The molecule has 0 aromatic heterocycles. The quantitative estimate of drug-likeness (QED) is 0.452. The molecular weight excluding hydrogens is 154 g/mol. The van der Waals surface area contributed by atoms with Gasteiger partial charge < -0.3 is 4.74 Å². The van der Waals surface area contributed by atoms with Crippen LogP contribution in [-0.2, 0) is 9.53 Å². The van der Waals surface area contributed by atoms with Crippen molar-refractivity contribution < 1.29 is 9.53 Å². The summed E-state index contributed by atoms with van der Waals surface area (Å²) in [6.07, 6.45) is 4.21. The van der Waals surface area contributed by atoms with Gasteiger partial charge in [-0.15, -0.1) is 0 Å². The van der Waals surface area contributed by atoms with Crippen LogP contribution in [0.5, 0.6) is 0 Å². The summed E-state index contributed by atoms with van der Waals surface area (Å²) in [5.41, 5.74) is 0. The van der Waals surface area contributed by atoms with Crippen molar-refractivity contribution in [1.82, 2.24) is 4.90 Å². The normalized spacial score (nSPS) is 29.2. The first-order valence-corrected chi connectivity index (χ1v) is 4.16. The van der Waals surface area contributed by atoms with E-state index in [4.69, 9.17) is 0 Å². The Balaban J connectivity index is 2.47. The molecule has 12 heavy (non-hydrogen) atoms. The highest BCUT2D eigenvalue weighted by atomic mass is 16.5. The largest absolute Gasteiger partial charge is 0.468 e. The smallest absolute Gasteiger partial charge is 0.319 e. The van der Waals surface area contributed by atoms with E-state index in [0.29, 0.717) is 18.6 Å². The van der Waals surface area contributed by atoms with Gasteiger partial charge in [-0.3, -0.25) is 9.69 Å². The van der Waals surface area contributed by atoms with Crippen LogP contribution in [0.1, 0.15) is 13.8 Å². The molecule has 0 aliphatic carbocycles. The predicted molar refractivity (Wildman–Crippen MR) is 46.8 cm³/mol. The summed E-state index contributed by atoms with van der Waals surface area (Å²) in [4.78, 5) is 13.1. The summed E-state index contributed by atoms with van der Waals surface area (Å²) in [7, 11) is 1.42. The molecule has 1 rings (SSSR count). The molecule has 68 valence electrons. The van der Waals surface area contributed by atoms with Crippen LogP contribution < -0.4 is 0 Å². The van der Waals surface area contributed by atoms with Crippen LogP contribution in [0, 0.1) is 0 Å². The predicted octanol–water partition coefficient (Wildman–Crippen LogP) is 0.808. The molecule has 0 bridgehead atoms. The lowest BCUT2D eigenvalue weighted by Gasteiger charge is -2.24. The third-order valence-corrected chi connectivity index (χ3v) is 2.25. The van der Waals surface area contributed by atoms with Crippen LogP contribution in [-0.4, -0.2) is 36.6 Å².